The lowest BCUT2D eigenvalue weighted by Gasteiger charge is -2.37. The van der Waals surface area contributed by atoms with E-state index in [1.54, 1.807) is 4.90 Å². The zero-order chi connectivity index (χ0) is 21.5. The van der Waals surface area contributed by atoms with E-state index in [9.17, 15) is 19.2 Å². The molecule has 2 aliphatic heterocycles. The zero-order valence-corrected chi connectivity index (χ0v) is 17.3. The summed E-state index contributed by atoms with van der Waals surface area (Å²) in [5.74, 6) is -0.787. The Kier molecular flexibility index (Phi) is 7.40. The Hall–Kier alpha value is -2.94. The fraction of sp³-hybridized carbons (Fsp3) is 0.524. The van der Waals surface area contributed by atoms with Gasteiger partial charge in [-0.25, -0.2) is 0 Å². The van der Waals surface area contributed by atoms with Crippen LogP contribution in [0.3, 0.4) is 0 Å². The van der Waals surface area contributed by atoms with Gasteiger partial charge in [0, 0.05) is 45.0 Å². The number of piperazine rings is 2. The van der Waals surface area contributed by atoms with Gasteiger partial charge in [0.05, 0.1) is 13.0 Å². The third kappa shape index (κ3) is 5.56. The fourth-order valence-corrected chi connectivity index (χ4v) is 3.74. The highest BCUT2D eigenvalue weighted by Gasteiger charge is 2.35. The van der Waals surface area contributed by atoms with Gasteiger partial charge in [-0.05, 0) is 24.1 Å². The molecule has 4 amide bonds. The number of carbonyl (C=O) groups excluding carboxylic acids is 4. The van der Waals surface area contributed by atoms with Crippen LogP contribution in [0.5, 0.6) is 0 Å². The maximum absolute atomic E-state index is 12.9. The molecule has 1 atom stereocenters. The molecule has 1 aromatic rings. The molecular weight excluding hydrogens is 386 g/mol. The van der Waals surface area contributed by atoms with Crippen molar-refractivity contribution >= 4 is 29.8 Å². The standard InChI is InChI=1S/C21H29N5O4/c1-2-16-3-5-17(6-4-16)23-19(28)13-18-21(30)22-7-8-26(18)20(29)14-24-9-11-25(15-27)12-10-24/h3-6,15,18H,2,7-14H2,1H3,(H,22,30)(H,23,28)/t18-/m0/s1. The summed E-state index contributed by atoms with van der Waals surface area (Å²) in [5.41, 5.74) is 1.84. The fourth-order valence-electron chi connectivity index (χ4n) is 3.74. The number of benzene rings is 1. The van der Waals surface area contributed by atoms with Gasteiger partial charge < -0.3 is 20.4 Å². The van der Waals surface area contributed by atoms with Crippen molar-refractivity contribution in [2.24, 2.45) is 0 Å². The van der Waals surface area contributed by atoms with Crippen molar-refractivity contribution in [3.63, 3.8) is 0 Å². The third-order valence-electron chi connectivity index (χ3n) is 5.59. The molecule has 9 heteroatoms. The van der Waals surface area contributed by atoms with E-state index in [1.165, 1.54) is 10.5 Å². The van der Waals surface area contributed by atoms with E-state index in [0.717, 1.165) is 12.8 Å². The van der Waals surface area contributed by atoms with Crippen LogP contribution in [0.1, 0.15) is 18.9 Å². The molecule has 3 rings (SSSR count). The monoisotopic (exact) mass is 415 g/mol. The van der Waals surface area contributed by atoms with Crippen LogP contribution in [0.15, 0.2) is 24.3 Å². The van der Waals surface area contributed by atoms with Crippen molar-refractivity contribution in [1.29, 1.82) is 0 Å². The number of aryl methyl sites for hydroxylation is 1. The average molecular weight is 415 g/mol. The van der Waals surface area contributed by atoms with Gasteiger partial charge >= 0.3 is 0 Å². The van der Waals surface area contributed by atoms with Gasteiger partial charge in [0.25, 0.3) is 0 Å². The molecule has 30 heavy (non-hydrogen) atoms. The van der Waals surface area contributed by atoms with Crippen LogP contribution in [0, 0.1) is 0 Å². The molecule has 2 fully saturated rings. The van der Waals surface area contributed by atoms with Crippen LogP contribution in [0.4, 0.5) is 5.69 Å². The first-order valence-electron chi connectivity index (χ1n) is 10.4. The smallest absolute Gasteiger partial charge is 0.243 e. The summed E-state index contributed by atoms with van der Waals surface area (Å²) in [4.78, 5) is 53.8. The maximum Gasteiger partial charge on any atom is 0.243 e. The van der Waals surface area contributed by atoms with Crippen molar-refractivity contribution in [2.75, 3.05) is 51.1 Å². The second kappa shape index (κ2) is 10.2. The Labute approximate surface area is 176 Å². The SMILES string of the molecule is CCc1ccc(NC(=O)C[C@H]2C(=O)NCCN2C(=O)CN2CCN(C=O)CC2)cc1. The molecule has 2 heterocycles. The minimum atomic E-state index is -0.822. The predicted octanol–water partition coefficient (Wildman–Crippen LogP) is -0.321. The first kappa shape index (κ1) is 21.8. The van der Waals surface area contributed by atoms with Crippen LogP contribution in [-0.2, 0) is 25.6 Å². The van der Waals surface area contributed by atoms with Crippen molar-refractivity contribution in [3.05, 3.63) is 29.8 Å². The molecule has 0 radical (unpaired) electrons. The van der Waals surface area contributed by atoms with Gasteiger partial charge in [-0.1, -0.05) is 19.1 Å². The quantitative estimate of drug-likeness (QED) is 0.595. The third-order valence-corrected chi connectivity index (χ3v) is 5.59. The molecule has 2 saturated heterocycles. The van der Waals surface area contributed by atoms with E-state index in [4.69, 9.17) is 0 Å². The number of hydrogen-bond donors (Lipinski definition) is 2. The van der Waals surface area contributed by atoms with Gasteiger partial charge in [-0.15, -0.1) is 0 Å². The van der Waals surface area contributed by atoms with Crippen LogP contribution in [0.2, 0.25) is 0 Å². The van der Waals surface area contributed by atoms with Gasteiger partial charge in [0.15, 0.2) is 0 Å². The maximum atomic E-state index is 12.9. The number of amides is 4. The van der Waals surface area contributed by atoms with Gasteiger partial charge in [0.2, 0.25) is 24.1 Å². The summed E-state index contributed by atoms with van der Waals surface area (Å²) >= 11 is 0. The van der Waals surface area contributed by atoms with Crippen LogP contribution >= 0.6 is 0 Å². The highest BCUT2D eigenvalue weighted by atomic mass is 16.2. The number of hydrogen-bond acceptors (Lipinski definition) is 5. The Morgan fingerprint density at radius 2 is 1.83 bits per heavy atom. The molecule has 0 unspecified atom stereocenters. The number of rotatable bonds is 7. The molecule has 0 spiro atoms. The Morgan fingerprint density at radius 3 is 2.47 bits per heavy atom. The van der Waals surface area contributed by atoms with E-state index in [2.05, 4.69) is 17.6 Å². The lowest BCUT2D eigenvalue weighted by molar-refractivity contribution is -0.145. The van der Waals surface area contributed by atoms with Crippen molar-refractivity contribution < 1.29 is 19.2 Å². The number of anilines is 1. The van der Waals surface area contributed by atoms with E-state index in [0.29, 0.717) is 45.0 Å². The molecular formula is C21H29N5O4. The van der Waals surface area contributed by atoms with Crippen LogP contribution < -0.4 is 10.6 Å². The minimum Gasteiger partial charge on any atom is -0.353 e. The number of nitrogens with zero attached hydrogens (tertiary/aromatic N) is 3. The summed E-state index contributed by atoms with van der Waals surface area (Å²) in [6.45, 7) is 5.38. The first-order valence-corrected chi connectivity index (χ1v) is 10.4. The molecule has 2 N–H and O–H groups in total. The lowest BCUT2D eigenvalue weighted by atomic mass is 10.1. The molecule has 0 saturated carbocycles. The second-order valence-electron chi connectivity index (χ2n) is 7.61. The van der Waals surface area contributed by atoms with Gasteiger partial charge in [0.1, 0.15) is 6.04 Å². The van der Waals surface area contributed by atoms with Gasteiger partial charge in [-0.3, -0.25) is 24.1 Å². The Balaban J connectivity index is 1.58. The molecule has 1 aromatic carbocycles. The zero-order valence-electron chi connectivity index (χ0n) is 17.3. The molecule has 0 bridgehead atoms. The highest BCUT2D eigenvalue weighted by Crippen LogP contribution is 2.14. The van der Waals surface area contributed by atoms with E-state index < -0.39 is 6.04 Å². The van der Waals surface area contributed by atoms with Crippen molar-refractivity contribution in [2.45, 2.75) is 25.8 Å². The van der Waals surface area contributed by atoms with Crippen LogP contribution in [-0.4, -0.2) is 90.7 Å². The minimum absolute atomic E-state index is 0.0912. The predicted molar refractivity (Wildman–Crippen MR) is 112 cm³/mol. The molecule has 2 aliphatic rings. The molecule has 9 nitrogen and oxygen atoms in total. The first-order chi connectivity index (χ1) is 14.5. The average Bonchev–Trinajstić information content (AvgIpc) is 2.76. The Bertz CT molecular complexity index is 774. The largest absolute Gasteiger partial charge is 0.353 e. The van der Waals surface area contributed by atoms with Crippen LogP contribution in [0.25, 0.3) is 0 Å². The van der Waals surface area contributed by atoms with E-state index >= 15 is 0 Å². The molecule has 0 aliphatic carbocycles. The van der Waals surface area contributed by atoms with Crippen molar-refractivity contribution in [1.82, 2.24) is 20.0 Å². The highest BCUT2D eigenvalue weighted by molar-refractivity contribution is 5.97. The number of nitrogens with one attached hydrogen (secondary N) is 2. The Morgan fingerprint density at radius 1 is 1.13 bits per heavy atom. The second-order valence-corrected chi connectivity index (χ2v) is 7.61. The number of carbonyl (C=O) groups is 4. The molecule has 0 aromatic heterocycles. The summed E-state index contributed by atoms with van der Waals surface area (Å²) in [6.07, 6.45) is 1.64. The normalized spacial score (nSPS) is 19.9. The topological polar surface area (TPSA) is 102 Å². The van der Waals surface area contributed by atoms with E-state index in [-0.39, 0.29) is 30.7 Å². The summed E-state index contributed by atoms with van der Waals surface area (Å²) in [5, 5.41) is 5.55. The summed E-state index contributed by atoms with van der Waals surface area (Å²) in [7, 11) is 0. The molecule has 162 valence electrons. The van der Waals surface area contributed by atoms with E-state index in [1.807, 2.05) is 29.2 Å². The van der Waals surface area contributed by atoms with Gasteiger partial charge in [-0.2, -0.15) is 0 Å². The summed E-state index contributed by atoms with van der Waals surface area (Å²) < 4.78 is 0. The summed E-state index contributed by atoms with van der Waals surface area (Å²) in [6, 6.07) is 6.74. The van der Waals surface area contributed by atoms with Crippen molar-refractivity contribution in [3.8, 4) is 0 Å². The lowest BCUT2D eigenvalue weighted by Crippen LogP contribution is -2.60.